The summed E-state index contributed by atoms with van der Waals surface area (Å²) in [6, 6.07) is 0. The SMILES string of the molecule is CC1(C)O[C@H]2O[C@H]([C@@H](O)CN)[C@@H](O)[C@@H]2O1. The number of ether oxygens (including phenoxy) is 3. The molecule has 0 amide bonds. The maximum atomic E-state index is 9.85. The van der Waals surface area contributed by atoms with Gasteiger partial charge in [0, 0.05) is 6.54 Å². The predicted octanol–water partition coefficient (Wildman–Crippen LogP) is -1.46. The molecule has 0 aromatic rings. The normalized spacial score (nSPS) is 45.4. The van der Waals surface area contributed by atoms with Gasteiger partial charge in [-0.25, -0.2) is 0 Å². The van der Waals surface area contributed by atoms with Crippen LogP contribution in [0.3, 0.4) is 0 Å². The Balaban J connectivity index is 2.05. The van der Waals surface area contributed by atoms with Crippen LogP contribution in [0.25, 0.3) is 0 Å². The van der Waals surface area contributed by atoms with Crippen LogP contribution in [0.2, 0.25) is 0 Å². The third-order valence-corrected chi connectivity index (χ3v) is 2.67. The van der Waals surface area contributed by atoms with Crippen LogP contribution in [0.15, 0.2) is 0 Å². The van der Waals surface area contributed by atoms with Crippen molar-refractivity contribution in [2.75, 3.05) is 6.54 Å². The average molecular weight is 219 g/mol. The van der Waals surface area contributed by atoms with Gasteiger partial charge in [0.25, 0.3) is 0 Å². The molecule has 2 aliphatic heterocycles. The Morgan fingerprint density at radius 3 is 2.60 bits per heavy atom. The number of aliphatic hydroxyl groups is 2. The van der Waals surface area contributed by atoms with Crippen LogP contribution in [0, 0.1) is 0 Å². The molecular weight excluding hydrogens is 202 g/mol. The summed E-state index contributed by atoms with van der Waals surface area (Å²) in [4.78, 5) is 0. The average Bonchev–Trinajstić information content (AvgIpc) is 2.60. The molecule has 0 saturated carbocycles. The summed E-state index contributed by atoms with van der Waals surface area (Å²) >= 11 is 0. The Morgan fingerprint density at radius 2 is 2.07 bits per heavy atom. The Bertz CT molecular complexity index is 247. The van der Waals surface area contributed by atoms with Crippen LogP contribution in [-0.2, 0) is 14.2 Å². The lowest BCUT2D eigenvalue weighted by Gasteiger charge is -2.25. The second-order valence-electron chi connectivity index (χ2n) is 4.36. The van der Waals surface area contributed by atoms with Gasteiger partial charge in [-0.15, -0.1) is 0 Å². The quantitative estimate of drug-likeness (QED) is 0.525. The van der Waals surface area contributed by atoms with Crippen molar-refractivity contribution in [3.63, 3.8) is 0 Å². The number of hydrogen-bond acceptors (Lipinski definition) is 6. The van der Waals surface area contributed by atoms with Crippen molar-refractivity contribution in [1.82, 2.24) is 0 Å². The molecule has 6 nitrogen and oxygen atoms in total. The Morgan fingerprint density at radius 1 is 1.40 bits per heavy atom. The van der Waals surface area contributed by atoms with E-state index in [0.29, 0.717) is 0 Å². The van der Waals surface area contributed by atoms with E-state index in [2.05, 4.69) is 0 Å². The molecule has 0 aliphatic carbocycles. The van der Waals surface area contributed by atoms with Gasteiger partial charge in [0.15, 0.2) is 12.1 Å². The van der Waals surface area contributed by atoms with Gasteiger partial charge in [-0.05, 0) is 13.8 Å². The second-order valence-corrected chi connectivity index (χ2v) is 4.36. The molecule has 0 aromatic heterocycles. The van der Waals surface area contributed by atoms with E-state index in [1.54, 1.807) is 13.8 Å². The summed E-state index contributed by atoms with van der Waals surface area (Å²) in [7, 11) is 0. The molecule has 0 radical (unpaired) electrons. The third-order valence-electron chi connectivity index (χ3n) is 2.67. The zero-order valence-electron chi connectivity index (χ0n) is 8.79. The second kappa shape index (κ2) is 3.65. The molecule has 2 aliphatic rings. The molecule has 0 spiro atoms. The van der Waals surface area contributed by atoms with E-state index in [-0.39, 0.29) is 6.54 Å². The summed E-state index contributed by atoms with van der Waals surface area (Å²) in [6.07, 6.45) is -3.72. The first-order valence-corrected chi connectivity index (χ1v) is 5.02. The first-order chi connectivity index (χ1) is 6.94. The number of hydrogen-bond donors (Lipinski definition) is 3. The van der Waals surface area contributed by atoms with Gasteiger partial charge in [0.05, 0.1) is 6.10 Å². The van der Waals surface area contributed by atoms with Crippen LogP contribution < -0.4 is 5.73 Å². The first kappa shape index (κ1) is 11.3. The van der Waals surface area contributed by atoms with Crippen LogP contribution in [0.1, 0.15) is 13.8 Å². The molecule has 2 heterocycles. The lowest BCUT2D eigenvalue weighted by molar-refractivity contribution is -0.225. The van der Waals surface area contributed by atoms with E-state index in [9.17, 15) is 10.2 Å². The number of nitrogens with two attached hydrogens (primary N) is 1. The highest BCUT2D eigenvalue weighted by Crippen LogP contribution is 2.37. The van der Waals surface area contributed by atoms with E-state index in [1.165, 1.54) is 0 Å². The first-order valence-electron chi connectivity index (χ1n) is 5.02. The minimum absolute atomic E-state index is 0.0323. The van der Waals surface area contributed by atoms with Crippen molar-refractivity contribution in [2.45, 2.75) is 50.3 Å². The van der Waals surface area contributed by atoms with Crippen molar-refractivity contribution in [3.05, 3.63) is 0 Å². The Labute approximate surface area is 87.9 Å². The maximum Gasteiger partial charge on any atom is 0.190 e. The highest BCUT2D eigenvalue weighted by molar-refractivity contribution is 4.95. The van der Waals surface area contributed by atoms with Crippen molar-refractivity contribution >= 4 is 0 Å². The van der Waals surface area contributed by atoms with Crippen LogP contribution in [0.5, 0.6) is 0 Å². The predicted molar refractivity (Wildman–Crippen MR) is 49.8 cm³/mol. The molecule has 15 heavy (non-hydrogen) atoms. The standard InChI is InChI=1S/C9H17NO5/c1-9(2)14-7-5(12)6(4(11)3-10)13-8(7)15-9/h4-8,11-12H,3,10H2,1-2H3/t4-,5+,6+,7-,8+/m0/s1. The molecule has 4 N–H and O–H groups in total. The Kier molecular flexibility index (Phi) is 2.74. The molecule has 0 aromatic carbocycles. The van der Waals surface area contributed by atoms with Crippen molar-refractivity contribution < 1.29 is 24.4 Å². The van der Waals surface area contributed by atoms with E-state index in [4.69, 9.17) is 19.9 Å². The van der Waals surface area contributed by atoms with E-state index in [1.807, 2.05) is 0 Å². The fourth-order valence-electron chi connectivity index (χ4n) is 1.97. The lowest BCUT2D eigenvalue weighted by atomic mass is 10.1. The lowest BCUT2D eigenvalue weighted by Crippen LogP contribution is -2.43. The van der Waals surface area contributed by atoms with Gasteiger partial charge in [-0.2, -0.15) is 0 Å². The largest absolute Gasteiger partial charge is 0.389 e. The van der Waals surface area contributed by atoms with Crippen molar-refractivity contribution in [3.8, 4) is 0 Å². The van der Waals surface area contributed by atoms with Gasteiger partial charge in [0.2, 0.25) is 0 Å². The molecule has 88 valence electrons. The topological polar surface area (TPSA) is 94.2 Å². The van der Waals surface area contributed by atoms with Gasteiger partial charge < -0.3 is 30.2 Å². The van der Waals surface area contributed by atoms with E-state index < -0.39 is 36.5 Å². The number of fused-ring (bicyclic) bond motifs is 1. The Hall–Kier alpha value is -0.240. The summed E-state index contributed by atoms with van der Waals surface area (Å²) < 4.78 is 16.2. The monoisotopic (exact) mass is 219 g/mol. The molecule has 2 fully saturated rings. The molecular formula is C9H17NO5. The fraction of sp³-hybridized carbons (Fsp3) is 1.00. The van der Waals surface area contributed by atoms with Crippen molar-refractivity contribution in [1.29, 1.82) is 0 Å². The summed E-state index contributed by atoms with van der Waals surface area (Å²) in [6.45, 7) is 3.52. The number of aliphatic hydroxyl groups excluding tert-OH is 2. The highest BCUT2D eigenvalue weighted by Gasteiger charge is 2.55. The zero-order chi connectivity index (χ0) is 11.2. The maximum absolute atomic E-state index is 9.85. The molecule has 0 unspecified atom stereocenters. The van der Waals surface area contributed by atoms with Gasteiger partial charge in [0.1, 0.15) is 18.3 Å². The fourth-order valence-corrected chi connectivity index (χ4v) is 1.97. The zero-order valence-corrected chi connectivity index (χ0v) is 8.79. The van der Waals surface area contributed by atoms with Gasteiger partial charge in [-0.3, -0.25) is 0 Å². The van der Waals surface area contributed by atoms with Crippen LogP contribution in [0.4, 0.5) is 0 Å². The smallest absolute Gasteiger partial charge is 0.190 e. The summed E-state index contributed by atoms with van der Waals surface area (Å²) in [5, 5.41) is 19.3. The molecule has 0 bridgehead atoms. The number of rotatable bonds is 2. The molecule has 2 rings (SSSR count). The van der Waals surface area contributed by atoms with E-state index >= 15 is 0 Å². The van der Waals surface area contributed by atoms with Gasteiger partial charge in [-0.1, -0.05) is 0 Å². The molecule has 6 heteroatoms. The third kappa shape index (κ3) is 1.89. The minimum Gasteiger partial charge on any atom is -0.389 e. The summed E-state index contributed by atoms with van der Waals surface area (Å²) in [5.74, 6) is -0.755. The van der Waals surface area contributed by atoms with Crippen LogP contribution >= 0.6 is 0 Å². The molecule has 2 saturated heterocycles. The minimum atomic E-state index is -0.907. The highest BCUT2D eigenvalue weighted by atomic mass is 16.8. The summed E-state index contributed by atoms with van der Waals surface area (Å²) in [5.41, 5.74) is 5.29. The van der Waals surface area contributed by atoms with Gasteiger partial charge >= 0.3 is 0 Å². The van der Waals surface area contributed by atoms with Crippen molar-refractivity contribution in [2.24, 2.45) is 5.73 Å². The van der Waals surface area contributed by atoms with Crippen LogP contribution in [-0.4, -0.2) is 53.3 Å². The molecule has 5 atom stereocenters. The van der Waals surface area contributed by atoms with E-state index in [0.717, 1.165) is 0 Å².